The Hall–Kier alpha value is -1.53. The topological polar surface area (TPSA) is 45.0 Å². The van der Waals surface area contributed by atoms with E-state index in [1.54, 1.807) is 7.11 Å². The minimum absolute atomic E-state index is 0.649. The molecule has 1 aromatic carbocycles. The van der Waals surface area contributed by atoms with E-state index in [0.29, 0.717) is 6.42 Å². The summed E-state index contributed by atoms with van der Waals surface area (Å²) < 4.78 is 5.26. The quantitative estimate of drug-likeness (QED) is 0.715. The van der Waals surface area contributed by atoms with E-state index in [9.17, 15) is 0 Å². The second-order valence-corrected chi connectivity index (χ2v) is 3.60. The smallest absolute Gasteiger partial charge is 0.123 e. The molecular weight excluding hydrogens is 200 g/mol. The average Bonchev–Trinajstić information content (AvgIpc) is 2.34. The van der Waals surface area contributed by atoms with Gasteiger partial charge in [0.25, 0.3) is 0 Å². The zero-order chi connectivity index (χ0) is 11.6. The predicted molar refractivity (Wildman–Crippen MR) is 64.2 cm³/mol. The highest BCUT2D eigenvalue weighted by atomic mass is 16.5. The normalized spacial score (nSPS) is 9.75. The Morgan fingerprint density at radius 1 is 1.31 bits per heavy atom. The first-order chi connectivity index (χ1) is 7.88. The molecule has 0 heterocycles. The van der Waals surface area contributed by atoms with Gasteiger partial charge in [0.1, 0.15) is 5.75 Å². The van der Waals surface area contributed by atoms with Crippen molar-refractivity contribution in [2.45, 2.75) is 25.8 Å². The number of ether oxygens (including phenoxy) is 1. The molecule has 0 saturated heterocycles. The third kappa shape index (κ3) is 4.33. The van der Waals surface area contributed by atoms with Crippen LogP contribution in [0.5, 0.6) is 5.75 Å². The molecule has 0 aromatic heterocycles. The SMILES string of the molecule is COc1ccccc1CNCCCCC#N. The molecule has 1 N–H and O–H groups in total. The van der Waals surface area contributed by atoms with Crippen LogP contribution in [0.15, 0.2) is 24.3 Å². The summed E-state index contributed by atoms with van der Waals surface area (Å²) in [5.41, 5.74) is 1.17. The molecule has 0 saturated carbocycles. The van der Waals surface area contributed by atoms with E-state index >= 15 is 0 Å². The fourth-order valence-corrected chi connectivity index (χ4v) is 1.53. The van der Waals surface area contributed by atoms with Crippen molar-refractivity contribution in [3.8, 4) is 11.8 Å². The Bertz CT molecular complexity index is 344. The summed E-state index contributed by atoms with van der Waals surface area (Å²) in [6.45, 7) is 1.76. The van der Waals surface area contributed by atoms with Crippen molar-refractivity contribution in [1.82, 2.24) is 5.32 Å². The number of rotatable bonds is 7. The van der Waals surface area contributed by atoms with E-state index in [1.807, 2.05) is 18.2 Å². The molecule has 0 aliphatic rings. The number of hydrogen-bond donors (Lipinski definition) is 1. The molecule has 0 unspecified atom stereocenters. The molecule has 0 amide bonds. The van der Waals surface area contributed by atoms with Gasteiger partial charge < -0.3 is 10.1 Å². The van der Waals surface area contributed by atoms with Crippen molar-refractivity contribution in [2.24, 2.45) is 0 Å². The first-order valence-electron chi connectivity index (χ1n) is 5.58. The molecule has 0 spiro atoms. The minimum atomic E-state index is 0.649. The van der Waals surface area contributed by atoms with Crippen LogP contribution in [0.2, 0.25) is 0 Å². The van der Waals surface area contributed by atoms with Crippen molar-refractivity contribution in [1.29, 1.82) is 5.26 Å². The number of benzene rings is 1. The third-order valence-electron chi connectivity index (χ3n) is 2.40. The molecular formula is C13H18N2O. The molecule has 0 atom stereocenters. The molecule has 86 valence electrons. The lowest BCUT2D eigenvalue weighted by molar-refractivity contribution is 0.407. The summed E-state index contributed by atoms with van der Waals surface area (Å²) >= 11 is 0. The Morgan fingerprint density at radius 3 is 2.88 bits per heavy atom. The van der Waals surface area contributed by atoms with Gasteiger partial charge in [-0.2, -0.15) is 5.26 Å². The zero-order valence-corrected chi connectivity index (χ0v) is 9.70. The monoisotopic (exact) mass is 218 g/mol. The predicted octanol–water partition coefficient (Wildman–Crippen LogP) is 2.48. The Balaban J connectivity index is 2.24. The highest BCUT2D eigenvalue weighted by Crippen LogP contribution is 2.16. The van der Waals surface area contributed by atoms with E-state index in [1.165, 1.54) is 5.56 Å². The van der Waals surface area contributed by atoms with Crippen molar-refractivity contribution < 1.29 is 4.74 Å². The van der Waals surface area contributed by atoms with Gasteiger partial charge >= 0.3 is 0 Å². The molecule has 0 bridgehead atoms. The van der Waals surface area contributed by atoms with E-state index < -0.39 is 0 Å². The largest absolute Gasteiger partial charge is 0.496 e. The van der Waals surface area contributed by atoms with Gasteiger partial charge in [-0.1, -0.05) is 18.2 Å². The number of unbranched alkanes of at least 4 members (excludes halogenated alkanes) is 2. The van der Waals surface area contributed by atoms with Crippen molar-refractivity contribution in [2.75, 3.05) is 13.7 Å². The van der Waals surface area contributed by atoms with Crippen LogP contribution in [-0.4, -0.2) is 13.7 Å². The lowest BCUT2D eigenvalue weighted by Crippen LogP contribution is -2.15. The van der Waals surface area contributed by atoms with Gasteiger partial charge in [0.05, 0.1) is 13.2 Å². The van der Waals surface area contributed by atoms with Crippen LogP contribution in [0.3, 0.4) is 0 Å². The minimum Gasteiger partial charge on any atom is -0.496 e. The highest BCUT2D eigenvalue weighted by molar-refractivity contribution is 5.32. The molecule has 3 nitrogen and oxygen atoms in total. The number of methoxy groups -OCH3 is 1. The number of para-hydroxylation sites is 1. The van der Waals surface area contributed by atoms with Crippen LogP contribution in [-0.2, 0) is 6.54 Å². The van der Waals surface area contributed by atoms with E-state index in [-0.39, 0.29) is 0 Å². The van der Waals surface area contributed by atoms with Gasteiger partial charge in [-0.05, 0) is 25.5 Å². The van der Waals surface area contributed by atoms with Crippen molar-refractivity contribution in [3.05, 3.63) is 29.8 Å². The third-order valence-corrected chi connectivity index (χ3v) is 2.40. The number of nitrogens with one attached hydrogen (secondary N) is 1. The number of nitriles is 1. The summed E-state index contributed by atoms with van der Waals surface area (Å²) in [5.74, 6) is 0.923. The average molecular weight is 218 g/mol. The van der Waals surface area contributed by atoms with Gasteiger partial charge in [-0.25, -0.2) is 0 Å². The summed E-state index contributed by atoms with van der Waals surface area (Å²) in [6.07, 6.45) is 2.66. The first-order valence-corrected chi connectivity index (χ1v) is 5.58. The Labute approximate surface area is 97.0 Å². The van der Waals surface area contributed by atoms with Gasteiger partial charge in [-0.15, -0.1) is 0 Å². The van der Waals surface area contributed by atoms with Crippen molar-refractivity contribution >= 4 is 0 Å². The van der Waals surface area contributed by atoms with Gasteiger partial charge in [0.15, 0.2) is 0 Å². The Kier molecular flexibility index (Phi) is 6.05. The van der Waals surface area contributed by atoms with Crippen LogP contribution in [0.4, 0.5) is 0 Å². The van der Waals surface area contributed by atoms with Gasteiger partial charge in [-0.3, -0.25) is 0 Å². The first kappa shape index (κ1) is 12.5. The van der Waals surface area contributed by atoms with E-state index in [4.69, 9.17) is 10.00 Å². The maximum atomic E-state index is 8.38. The number of nitrogens with zero attached hydrogens (tertiary/aromatic N) is 1. The lowest BCUT2D eigenvalue weighted by atomic mass is 10.2. The van der Waals surface area contributed by atoms with E-state index in [2.05, 4.69) is 17.5 Å². The van der Waals surface area contributed by atoms with Crippen LogP contribution in [0.25, 0.3) is 0 Å². The molecule has 1 rings (SSSR count). The van der Waals surface area contributed by atoms with Crippen LogP contribution in [0.1, 0.15) is 24.8 Å². The molecule has 0 aliphatic heterocycles. The van der Waals surface area contributed by atoms with Gasteiger partial charge in [0.2, 0.25) is 0 Å². The molecule has 0 radical (unpaired) electrons. The summed E-state index contributed by atoms with van der Waals surface area (Å²) in [6, 6.07) is 10.1. The molecule has 0 fully saturated rings. The van der Waals surface area contributed by atoms with Crippen LogP contribution in [0, 0.1) is 11.3 Å². The standard InChI is InChI=1S/C13H18N2O/c1-16-13-8-4-3-7-12(13)11-15-10-6-2-5-9-14/h3-4,7-8,15H,2,5-6,10-11H2,1H3. The Morgan fingerprint density at radius 2 is 2.12 bits per heavy atom. The second-order valence-electron chi connectivity index (χ2n) is 3.60. The summed E-state index contributed by atoms with van der Waals surface area (Å²) in [7, 11) is 1.69. The van der Waals surface area contributed by atoms with Crippen LogP contribution >= 0.6 is 0 Å². The molecule has 3 heteroatoms. The zero-order valence-electron chi connectivity index (χ0n) is 9.70. The summed E-state index contributed by atoms with van der Waals surface area (Å²) in [5, 5.41) is 11.7. The fourth-order valence-electron chi connectivity index (χ4n) is 1.53. The van der Waals surface area contributed by atoms with Crippen molar-refractivity contribution in [3.63, 3.8) is 0 Å². The second kappa shape index (κ2) is 7.72. The van der Waals surface area contributed by atoms with Gasteiger partial charge in [0, 0.05) is 18.5 Å². The summed E-state index contributed by atoms with van der Waals surface area (Å²) in [4.78, 5) is 0. The fraction of sp³-hybridized carbons (Fsp3) is 0.462. The maximum absolute atomic E-state index is 8.38. The maximum Gasteiger partial charge on any atom is 0.123 e. The van der Waals surface area contributed by atoms with Crippen LogP contribution < -0.4 is 10.1 Å². The lowest BCUT2D eigenvalue weighted by Gasteiger charge is -2.08. The highest BCUT2D eigenvalue weighted by Gasteiger charge is 1.99. The molecule has 1 aromatic rings. The molecule has 16 heavy (non-hydrogen) atoms. The number of hydrogen-bond acceptors (Lipinski definition) is 3. The van der Waals surface area contributed by atoms with E-state index in [0.717, 1.165) is 31.7 Å². The molecule has 0 aliphatic carbocycles.